The average molecular weight is 293 g/mol. The Bertz CT molecular complexity index is 563. The Morgan fingerprint density at radius 2 is 2.35 bits per heavy atom. The summed E-state index contributed by atoms with van der Waals surface area (Å²) in [6, 6.07) is 1.96. The summed E-state index contributed by atoms with van der Waals surface area (Å²) in [6.07, 6.45) is 0.277. The third-order valence-corrected chi connectivity index (χ3v) is 3.79. The Morgan fingerprint density at radius 1 is 1.55 bits per heavy atom. The van der Waals surface area contributed by atoms with E-state index in [9.17, 15) is 4.79 Å². The first-order valence-electron chi connectivity index (χ1n) is 6.49. The fourth-order valence-corrected chi connectivity index (χ4v) is 2.41. The maximum Gasteiger partial charge on any atom is 0.228 e. The number of rotatable bonds is 6. The summed E-state index contributed by atoms with van der Waals surface area (Å²) in [5.74, 6) is 1.35. The van der Waals surface area contributed by atoms with Crippen LogP contribution < -0.4 is 5.32 Å². The van der Waals surface area contributed by atoms with Crippen LogP contribution in [-0.4, -0.2) is 43.0 Å². The van der Waals surface area contributed by atoms with Gasteiger partial charge in [-0.3, -0.25) is 4.79 Å². The summed E-state index contributed by atoms with van der Waals surface area (Å²) < 4.78 is 5.63. The highest BCUT2D eigenvalue weighted by Gasteiger charge is 2.17. The molecule has 0 aromatic carbocycles. The summed E-state index contributed by atoms with van der Waals surface area (Å²) in [5.41, 5.74) is 1.67. The van der Waals surface area contributed by atoms with E-state index >= 15 is 0 Å². The fourth-order valence-electron chi connectivity index (χ4n) is 1.78. The molecule has 108 valence electrons. The maximum atomic E-state index is 12.1. The van der Waals surface area contributed by atoms with Gasteiger partial charge in [0.15, 0.2) is 0 Å². The van der Waals surface area contributed by atoms with Crippen molar-refractivity contribution in [2.75, 3.05) is 27.2 Å². The SMILES string of the molecule is CNCCN(C)C(=O)Cc1nc(-c2ccsc2)oc1C. The molecule has 2 aromatic heterocycles. The smallest absolute Gasteiger partial charge is 0.228 e. The normalized spacial score (nSPS) is 10.8. The van der Waals surface area contributed by atoms with Crippen LogP contribution in [0.3, 0.4) is 0 Å². The monoisotopic (exact) mass is 293 g/mol. The number of nitrogens with zero attached hydrogens (tertiary/aromatic N) is 2. The molecule has 6 heteroatoms. The zero-order valence-corrected chi connectivity index (χ0v) is 12.8. The number of oxazole rings is 1. The largest absolute Gasteiger partial charge is 0.441 e. The summed E-state index contributed by atoms with van der Waals surface area (Å²) in [5, 5.41) is 6.98. The van der Waals surface area contributed by atoms with E-state index in [-0.39, 0.29) is 12.3 Å². The fraction of sp³-hybridized carbons (Fsp3) is 0.429. The van der Waals surface area contributed by atoms with Crippen LogP contribution >= 0.6 is 11.3 Å². The second-order valence-electron chi connectivity index (χ2n) is 4.63. The van der Waals surface area contributed by atoms with Gasteiger partial charge >= 0.3 is 0 Å². The Labute approximate surface area is 122 Å². The number of amides is 1. The number of thiophene rings is 1. The van der Waals surface area contributed by atoms with E-state index in [0.717, 1.165) is 12.1 Å². The van der Waals surface area contributed by atoms with Crippen LogP contribution in [0.25, 0.3) is 11.5 Å². The van der Waals surface area contributed by atoms with Crippen LogP contribution in [0.2, 0.25) is 0 Å². The molecule has 2 aromatic rings. The van der Waals surface area contributed by atoms with Gasteiger partial charge < -0.3 is 14.6 Å². The van der Waals surface area contributed by atoms with Crippen LogP contribution in [0, 0.1) is 6.92 Å². The first-order chi connectivity index (χ1) is 9.61. The predicted octanol–water partition coefficient (Wildman–Crippen LogP) is 1.93. The highest BCUT2D eigenvalue weighted by molar-refractivity contribution is 7.08. The molecule has 2 rings (SSSR count). The Balaban J connectivity index is 2.04. The van der Waals surface area contributed by atoms with Crippen LogP contribution in [-0.2, 0) is 11.2 Å². The lowest BCUT2D eigenvalue weighted by Crippen LogP contribution is -2.33. The van der Waals surface area contributed by atoms with Gasteiger partial charge in [0.05, 0.1) is 12.1 Å². The lowest BCUT2D eigenvalue weighted by atomic mass is 10.2. The van der Waals surface area contributed by atoms with Gasteiger partial charge in [-0.25, -0.2) is 4.98 Å². The lowest BCUT2D eigenvalue weighted by molar-refractivity contribution is -0.129. The van der Waals surface area contributed by atoms with Gasteiger partial charge in [0.2, 0.25) is 11.8 Å². The van der Waals surface area contributed by atoms with Crippen molar-refractivity contribution in [2.45, 2.75) is 13.3 Å². The predicted molar refractivity (Wildman–Crippen MR) is 79.8 cm³/mol. The van der Waals surface area contributed by atoms with E-state index < -0.39 is 0 Å². The van der Waals surface area contributed by atoms with E-state index in [1.54, 1.807) is 23.3 Å². The first kappa shape index (κ1) is 14.7. The number of hydrogen-bond acceptors (Lipinski definition) is 5. The molecule has 20 heavy (non-hydrogen) atoms. The van der Waals surface area contributed by atoms with Gasteiger partial charge in [0, 0.05) is 31.1 Å². The molecular formula is C14H19N3O2S. The van der Waals surface area contributed by atoms with Gasteiger partial charge in [-0.15, -0.1) is 0 Å². The first-order valence-corrected chi connectivity index (χ1v) is 7.43. The zero-order valence-electron chi connectivity index (χ0n) is 12.0. The van der Waals surface area contributed by atoms with Crippen molar-refractivity contribution >= 4 is 17.2 Å². The van der Waals surface area contributed by atoms with E-state index in [1.807, 2.05) is 30.8 Å². The molecule has 0 aliphatic rings. The molecule has 0 unspecified atom stereocenters. The molecule has 0 aliphatic carbocycles. The topological polar surface area (TPSA) is 58.4 Å². The minimum Gasteiger partial charge on any atom is -0.441 e. The molecule has 0 aliphatic heterocycles. The average Bonchev–Trinajstić information content (AvgIpc) is 3.06. The molecule has 0 spiro atoms. The van der Waals surface area contributed by atoms with Crippen LogP contribution in [0.1, 0.15) is 11.5 Å². The lowest BCUT2D eigenvalue weighted by Gasteiger charge is -2.16. The minimum atomic E-state index is 0.0496. The molecule has 0 radical (unpaired) electrons. The standard InChI is InChI=1S/C14H19N3O2S/c1-10-12(8-13(18)17(3)6-5-15-2)16-14(19-10)11-4-7-20-9-11/h4,7,9,15H,5-6,8H2,1-3H3. The molecule has 5 nitrogen and oxygen atoms in total. The second-order valence-corrected chi connectivity index (χ2v) is 5.41. The number of carbonyl (C=O) groups is 1. The van der Waals surface area contributed by atoms with Crippen molar-refractivity contribution in [2.24, 2.45) is 0 Å². The highest BCUT2D eigenvalue weighted by atomic mass is 32.1. The van der Waals surface area contributed by atoms with Gasteiger partial charge in [-0.05, 0) is 25.4 Å². The van der Waals surface area contributed by atoms with Crippen LogP contribution in [0.4, 0.5) is 0 Å². The number of carbonyl (C=O) groups excluding carboxylic acids is 1. The van der Waals surface area contributed by atoms with Gasteiger partial charge in [0.25, 0.3) is 0 Å². The Morgan fingerprint density at radius 3 is 3.00 bits per heavy atom. The van der Waals surface area contributed by atoms with Crippen molar-refractivity contribution in [1.82, 2.24) is 15.2 Å². The number of likely N-dealkylation sites (N-methyl/N-ethyl adjacent to an activating group) is 2. The number of aromatic nitrogens is 1. The van der Waals surface area contributed by atoms with Gasteiger partial charge in [-0.1, -0.05) is 0 Å². The molecule has 0 saturated carbocycles. The summed E-state index contributed by atoms with van der Waals surface area (Å²) >= 11 is 1.60. The van der Waals surface area contributed by atoms with E-state index in [2.05, 4.69) is 10.3 Å². The minimum absolute atomic E-state index is 0.0496. The zero-order chi connectivity index (χ0) is 14.5. The van der Waals surface area contributed by atoms with Crippen LogP contribution in [0.5, 0.6) is 0 Å². The highest BCUT2D eigenvalue weighted by Crippen LogP contribution is 2.24. The third kappa shape index (κ3) is 3.46. The Hall–Kier alpha value is -1.66. The molecule has 1 amide bonds. The van der Waals surface area contributed by atoms with Gasteiger partial charge in [-0.2, -0.15) is 11.3 Å². The number of aryl methyl sites for hydroxylation is 1. The molecule has 1 N–H and O–H groups in total. The molecule has 0 atom stereocenters. The number of nitrogens with one attached hydrogen (secondary N) is 1. The van der Waals surface area contributed by atoms with Gasteiger partial charge in [0.1, 0.15) is 5.76 Å². The third-order valence-electron chi connectivity index (χ3n) is 3.10. The van der Waals surface area contributed by atoms with E-state index in [1.165, 1.54) is 0 Å². The maximum absolute atomic E-state index is 12.1. The second kappa shape index (κ2) is 6.67. The van der Waals surface area contributed by atoms with Crippen molar-refractivity contribution in [3.05, 3.63) is 28.3 Å². The molecule has 2 heterocycles. The van der Waals surface area contributed by atoms with E-state index in [0.29, 0.717) is 23.9 Å². The molecule has 0 bridgehead atoms. The van der Waals surface area contributed by atoms with Crippen molar-refractivity contribution in [3.63, 3.8) is 0 Å². The van der Waals surface area contributed by atoms with Crippen molar-refractivity contribution < 1.29 is 9.21 Å². The summed E-state index contributed by atoms with van der Waals surface area (Å²) in [6.45, 7) is 3.31. The van der Waals surface area contributed by atoms with E-state index in [4.69, 9.17) is 4.42 Å². The number of hydrogen-bond donors (Lipinski definition) is 1. The molecule has 0 fully saturated rings. The quantitative estimate of drug-likeness (QED) is 0.884. The Kier molecular flexibility index (Phi) is 4.92. The van der Waals surface area contributed by atoms with Crippen molar-refractivity contribution in [3.8, 4) is 11.5 Å². The molecular weight excluding hydrogens is 274 g/mol. The summed E-state index contributed by atoms with van der Waals surface area (Å²) in [4.78, 5) is 18.2. The summed E-state index contributed by atoms with van der Waals surface area (Å²) in [7, 11) is 3.67. The van der Waals surface area contributed by atoms with Crippen LogP contribution in [0.15, 0.2) is 21.2 Å². The van der Waals surface area contributed by atoms with Crippen molar-refractivity contribution in [1.29, 1.82) is 0 Å². The molecule has 0 saturated heterocycles.